The number of carbonyl (C=O) groups excluding carboxylic acids is 1. The van der Waals surface area contributed by atoms with Gasteiger partial charge in [-0.05, 0) is 57.6 Å². The Bertz CT molecular complexity index is 574. The Morgan fingerprint density at radius 3 is 2.62 bits per heavy atom. The van der Waals surface area contributed by atoms with Gasteiger partial charge in [-0.3, -0.25) is 0 Å². The largest absolute Gasteiger partial charge is 0.493 e. The third-order valence-electron chi connectivity index (χ3n) is 4.88. The maximum Gasteiger partial charge on any atom is 0.410 e. The molecule has 4 heteroatoms. The first-order valence-electron chi connectivity index (χ1n) is 9.12. The summed E-state index contributed by atoms with van der Waals surface area (Å²) in [6.45, 7) is 7.85. The van der Waals surface area contributed by atoms with Crippen LogP contribution in [0.25, 0.3) is 0 Å². The molecule has 1 saturated heterocycles. The van der Waals surface area contributed by atoms with Crippen LogP contribution in [0.3, 0.4) is 0 Å². The average Bonchev–Trinajstić information content (AvgIpc) is 2.92. The van der Waals surface area contributed by atoms with Crippen LogP contribution in [0.15, 0.2) is 24.3 Å². The molecule has 0 N–H and O–H groups in total. The van der Waals surface area contributed by atoms with Gasteiger partial charge in [-0.25, -0.2) is 4.79 Å². The zero-order chi connectivity index (χ0) is 17.2. The second kappa shape index (κ2) is 7.04. The summed E-state index contributed by atoms with van der Waals surface area (Å²) in [6, 6.07) is 8.41. The fourth-order valence-electron chi connectivity index (χ4n) is 3.34. The van der Waals surface area contributed by atoms with E-state index in [1.807, 2.05) is 26.8 Å². The Morgan fingerprint density at radius 1 is 1.21 bits per heavy atom. The van der Waals surface area contributed by atoms with E-state index in [-0.39, 0.29) is 6.09 Å². The maximum atomic E-state index is 12.1. The van der Waals surface area contributed by atoms with Gasteiger partial charge in [0.05, 0.1) is 6.61 Å². The minimum Gasteiger partial charge on any atom is -0.493 e. The molecule has 1 saturated carbocycles. The Kier molecular flexibility index (Phi) is 5.02. The van der Waals surface area contributed by atoms with Crippen molar-refractivity contribution < 1.29 is 14.3 Å². The highest BCUT2D eigenvalue weighted by Gasteiger charge is 2.30. The monoisotopic (exact) mass is 331 g/mol. The summed E-state index contributed by atoms with van der Waals surface area (Å²) >= 11 is 0. The molecule has 0 aromatic heterocycles. The van der Waals surface area contributed by atoms with E-state index in [0.717, 1.165) is 25.3 Å². The van der Waals surface area contributed by atoms with E-state index in [4.69, 9.17) is 9.47 Å². The lowest BCUT2D eigenvalue weighted by molar-refractivity contribution is 0.0284. The number of carbonyl (C=O) groups is 1. The van der Waals surface area contributed by atoms with Gasteiger partial charge in [0.25, 0.3) is 0 Å². The quantitative estimate of drug-likeness (QED) is 0.810. The van der Waals surface area contributed by atoms with Crippen molar-refractivity contribution in [1.29, 1.82) is 0 Å². The summed E-state index contributed by atoms with van der Waals surface area (Å²) in [7, 11) is 0. The van der Waals surface area contributed by atoms with Crippen LogP contribution < -0.4 is 4.74 Å². The fraction of sp³-hybridized carbons (Fsp3) is 0.650. The molecule has 2 aliphatic rings. The van der Waals surface area contributed by atoms with E-state index in [1.54, 1.807) is 4.90 Å². The second-order valence-electron chi connectivity index (χ2n) is 8.06. The molecular weight excluding hydrogens is 302 g/mol. The highest BCUT2D eigenvalue weighted by atomic mass is 16.6. The number of benzene rings is 1. The van der Waals surface area contributed by atoms with Crippen molar-refractivity contribution in [1.82, 2.24) is 4.90 Å². The van der Waals surface area contributed by atoms with Crippen molar-refractivity contribution in [3.63, 3.8) is 0 Å². The van der Waals surface area contributed by atoms with Gasteiger partial charge in [0.15, 0.2) is 0 Å². The molecule has 132 valence electrons. The average molecular weight is 331 g/mol. The Balaban J connectivity index is 1.51. The fourth-order valence-corrected chi connectivity index (χ4v) is 3.34. The number of ether oxygens (including phenoxy) is 2. The summed E-state index contributed by atoms with van der Waals surface area (Å²) in [4.78, 5) is 13.9. The number of hydrogen-bond donors (Lipinski definition) is 0. The van der Waals surface area contributed by atoms with Crippen LogP contribution in [-0.2, 0) is 4.74 Å². The molecule has 4 nitrogen and oxygen atoms in total. The summed E-state index contributed by atoms with van der Waals surface area (Å²) in [5, 5.41) is 0. The van der Waals surface area contributed by atoms with Crippen molar-refractivity contribution in [2.24, 2.45) is 5.92 Å². The topological polar surface area (TPSA) is 38.8 Å². The van der Waals surface area contributed by atoms with Gasteiger partial charge in [-0.1, -0.05) is 24.6 Å². The van der Waals surface area contributed by atoms with Crippen LogP contribution in [-0.4, -0.2) is 36.3 Å². The zero-order valence-electron chi connectivity index (χ0n) is 15.1. The first-order chi connectivity index (χ1) is 11.4. The molecule has 0 spiro atoms. The summed E-state index contributed by atoms with van der Waals surface area (Å²) in [5.74, 6) is 2.08. The van der Waals surface area contributed by atoms with Crippen molar-refractivity contribution in [3.8, 4) is 5.75 Å². The summed E-state index contributed by atoms with van der Waals surface area (Å²) < 4.78 is 11.6. The van der Waals surface area contributed by atoms with Crippen LogP contribution in [0.5, 0.6) is 5.75 Å². The third-order valence-corrected chi connectivity index (χ3v) is 4.88. The number of rotatable bonds is 4. The zero-order valence-corrected chi connectivity index (χ0v) is 15.1. The third kappa shape index (κ3) is 4.22. The van der Waals surface area contributed by atoms with E-state index in [9.17, 15) is 4.79 Å². The van der Waals surface area contributed by atoms with Crippen LogP contribution >= 0.6 is 0 Å². The van der Waals surface area contributed by atoms with Crippen LogP contribution in [0.2, 0.25) is 0 Å². The smallest absolute Gasteiger partial charge is 0.410 e. The van der Waals surface area contributed by atoms with E-state index in [0.29, 0.717) is 18.4 Å². The van der Waals surface area contributed by atoms with Gasteiger partial charge in [-0.15, -0.1) is 0 Å². The van der Waals surface area contributed by atoms with Gasteiger partial charge in [-0.2, -0.15) is 0 Å². The molecule has 2 fully saturated rings. The van der Waals surface area contributed by atoms with Gasteiger partial charge in [0.1, 0.15) is 11.4 Å². The molecule has 0 radical (unpaired) electrons. The van der Waals surface area contributed by atoms with E-state index in [2.05, 4.69) is 18.2 Å². The molecular formula is C20H29NO3. The molecule has 1 atom stereocenters. The normalized spacial score (nSPS) is 21.5. The minimum atomic E-state index is -0.437. The summed E-state index contributed by atoms with van der Waals surface area (Å²) in [6.07, 6.45) is 4.64. The minimum absolute atomic E-state index is 0.208. The molecule has 1 aliphatic carbocycles. The highest BCUT2D eigenvalue weighted by molar-refractivity contribution is 5.68. The number of para-hydroxylation sites is 1. The highest BCUT2D eigenvalue weighted by Crippen LogP contribution is 2.40. The lowest BCUT2D eigenvalue weighted by atomic mass is 9.80. The number of nitrogens with zero attached hydrogens (tertiary/aromatic N) is 1. The standard InChI is InChI=1S/C20H29NO3/c1-20(2,3)24-19(22)21-12-11-15(13-21)14-23-18-10-5-4-9-17(18)16-7-6-8-16/h4-5,9-10,15-16H,6-8,11-14H2,1-3H3. The van der Waals surface area contributed by atoms with Crippen LogP contribution in [0.4, 0.5) is 4.79 Å². The molecule has 1 amide bonds. The molecule has 1 heterocycles. The van der Waals surface area contributed by atoms with Crippen molar-refractivity contribution in [2.45, 2.75) is 58.0 Å². The summed E-state index contributed by atoms with van der Waals surface area (Å²) in [5.41, 5.74) is 0.915. The number of hydrogen-bond acceptors (Lipinski definition) is 3. The molecule has 1 unspecified atom stereocenters. The lowest BCUT2D eigenvalue weighted by Gasteiger charge is -2.28. The Labute approximate surface area is 145 Å². The second-order valence-corrected chi connectivity index (χ2v) is 8.06. The SMILES string of the molecule is CC(C)(C)OC(=O)N1CCC(COc2ccccc2C2CCC2)C1. The van der Waals surface area contributed by atoms with Gasteiger partial charge in [0.2, 0.25) is 0 Å². The van der Waals surface area contributed by atoms with Gasteiger partial charge in [0, 0.05) is 19.0 Å². The van der Waals surface area contributed by atoms with Gasteiger partial charge >= 0.3 is 6.09 Å². The van der Waals surface area contributed by atoms with E-state index >= 15 is 0 Å². The Hall–Kier alpha value is -1.71. The maximum absolute atomic E-state index is 12.1. The van der Waals surface area contributed by atoms with Crippen LogP contribution in [0, 0.1) is 5.92 Å². The van der Waals surface area contributed by atoms with Crippen LogP contribution in [0.1, 0.15) is 57.9 Å². The van der Waals surface area contributed by atoms with Crippen molar-refractivity contribution in [3.05, 3.63) is 29.8 Å². The van der Waals surface area contributed by atoms with E-state index < -0.39 is 5.60 Å². The molecule has 1 aromatic carbocycles. The van der Waals surface area contributed by atoms with Crippen molar-refractivity contribution in [2.75, 3.05) is 19.7 Å². The molecule has 3 rings (SSSR count). The van der Waals surface area contributed by atoms with Gasteiger partial charge < -0.3 is 14.4 Å². The van der Waals surface area contributed by atoms with E-state index in [1.165, 1.54) is 24.8 Å². The number of likely N-dealkylation sites (tertiary alicyclic amines) is 1. The molecule has 24 heavy (non-hydrogen) atoms. The predicted octanol–water partition coefficient (Wildman–Crippen LogP) is 4.59. The van der Waals surface area contributed by atoms with Crippen molar-refractivity contribution >= 4 is 6.09 Å². The number of amides is 1. The Morgan fingerprint density at radius 2 is 1.96 bits per heavy atom. The molecule has 0 bridgehead atoms. The lowest BCUT2D eigenvalue weighted by Crippen LogP contribution is -2.35. The molecule has 1 aliphatic heterocycles. The first kappa shape index (κ1) is 17.1. The first-order valence-corrected chi connectivity index (χ1v) is 9.12. The molecule has 1 aromatic rings. The predicted molar refractivity (Wildman–Crippen MR) is 94.4 cm³/mol.